The summed E-state index contributed by atoms with van der Waals surface area (Å²) in [6.45, 7) is 12.3. The number of aromatic nitrogens is 1. The summed E-state index contributed by atoms with van der Waals surface area (Å²) in [4.78, 5) is 13.7. The smallest absolute Gasteiger partial charge is 0.297 e. The van der Waals surface area contributed by atoms with Crippen LogP contribution in [0.25, 0.3) is 10.9 Å². The number of pyridine rings is 1. The number of hydrogen-bond acceptors (Lipinski definition) is 4. The Kier molecular flexibility index (Phi) is 13.2. The Morgan fingerprint density at radius 1 is 0.917 bits per heavy atom. The van der Waals surface area contributed by atoms with E-state index in [1.54, 1.807) is 0 Å². The van der Waals surface area contributed by atoms with Crippen LogP contribution < -0.4 is 20.8 Å². The molecule has 0 bridgehead atoms. The number of aryl methyl sites for hydroxylation is 1. The Morgan fingerprint density at radius 3 is 2.33 bits per heavy atom. The summed E-state index contributed by atoms with van der Waals surface area (Å²) in [6, 6.07) is 5.71. The highest BCUT2D eigenvalue weighted by molar-refractivity contribution is 5.90. The lowest BCUT2D eigenvalue weighted by Crippen LogP contribution is -2.24. The number of rotatable bonds is 17. The van der Waals surface area contributed by atoms with E-state index in [0.717, 1.165) is 68.7 Å². The molecule has 1 heterocycles. The average Bonchev–Trinajstić information content (AvgIpc) is 2.84. The molecule has 2 N–H and O–H groups in total. The summed E-state index contributed by atoms with van der Waals surface area (Å²) in [5, 5.41) is 0.874. The van der Waals surface area contributed by atoms with Crippen molar-refractivity contribution in [2.24, 2.45) is 0 Å². The van der Waals surface area contributed by atoms with Gasteiger partial charge in [-0.1, -0.05) is 69.6 Å². The summed E-state index contributed by atoms with van der Waals surface area (Å²) >= 11 is 0. The van der Waals surface area contributed by atoms with Gasteiger partial charge in [0.1, 0.15) is 6.61 Å². The summed E-state index contributed by atoms with van der Waals surface area (Å²) < 4.78 is 14.3. The van der Waals surface area contributed by atoms with Gasteiger partial charge < -0.3 is 19.8 Å². The van der Waals surface area contributed by atoms with E-state index < -0.39 is 0 Å². The monoisotopic (exact) mass is 496 g/mol. The zero-order chi connectivity index (χ0) is 26.3. The lowest BCUT2D eigenvalue weighted by atomic mass is 10.1. The fourth-order valence-electron chi connectivity index (χ4n) is 4.27. The fraction of sp³-hybridized carbons (Fsp3) is 0.581. The topological polar surface area (TPSA) is 66.5 Å². The van der Waals surface area contributed by atoms with Gasteiger partial charge >= 0.3 is 0 Å². The van der Waals surface area contributed by atoms with Crippen LogP contribution in [-0.4, -0.2) is 17.8 Å². The van der Waals surface area contributed by atoms with Gasteiger partial charge in [-0.25, -0.2) is 0 Å². The number of nitrogen functional groups attached to an aromatic ring is 1. The molecule has 36 heavy (non-hydrogen) atoms. The van der Waals surface area contributed by atoms with Crippen molar-refractivity contribution in [3.63, 3.8) is 0 Å². The van der Waals surface area contributed by atoms with Crippen molar-refractivity contribution in [3.05, 3.63) is 51.9 Å². The van der Waals surface area contributed by atoms with Crippen LogP contribution >= 0.6 is 0 Å². The quantitative estimate of drug-likeness (QED) is 0.136. The van der Waals surface area contributed by atoms with Crippen molar-refractivity contribution in [1.29, 1.82) is 0 Å². The molecule has 1 aromatic carbocycles. The molecule has 0 amide bonds. The molecule has 0 radical (unpaired) electrons. The largest absolute Gasteiger partial charge is 0.485 e. The predicted molar refractivity (Wildman–Crippen MR) is 154 cm³/mol. The molecule has 2 rings (SSSR count). The van der Waals surface area contributed by atoms with Gasteiger partial charge in [-0.3, -0.25) is 4.79 Å². The van der Waals surface area contributed by atoms with Crippen LogP contribution in [0.3, 0.4) is 0 Å². The van der Waals surface area contributed by atoms with Crippen molar-refractivity contribution < 1.29 is 9.47 Å². The van der Waals surface area contributed by atoms with E-state index >= 15 is 0 Å². The van der Waals surface area contributed by atoms with Crippen molar-refractivity contribution >= 4 is 16.6 Å². The molecule has 0 saturated carbocycles. The molecule has 1 aromatic heterocycles. The predicted octanol–water partition coefficient (Wildman–Crippen LogP) is 8.19. The second-order valence-electron chi connectivity index (χ2n) is 10.0. The molecule has 5 heteroatoms. The molecule has 0 spiro atoms. The zero-order valence-electron chi connectivity index (χ0n) is 23.3. The van der Waals surface area contributed by atoms with Gasteiger partial charge in [-0.15, -0.1) is 0 Å². The van der Waals surface area contributed by atoms with Crippen LogP contribution in [0.4, 0.5) is 5.69 Å². The number of nitrogens with two attached hydrogens (primary N) is 1. The minimum Gasteiger partial charge on any atom is -0.485 e. The Balaban J connectivity index is 2.39. The highest BCUT2D eigenvalue weighted by Crippen LogP contribution is 2.34. The minimum absolute atomic E-state index is 0.126. The normalized spacial score (nSPS) is 11.6. The zero-order valence-corrected chi connectivity index (χ0v) is 23.3. The molecule has 0 saturated heterocycles. The third kappa shape index (κ3) is 9.40. The lowest BCUT2D eigenvalue weighted by Gasteiger charge is -2.19. The summed E-state index contributed by atoms with van der Waals surface area (Å²) in [6.07, 6.45) is 15.1. The van der Waals surface area contributed by atoms with Crippen molar-refractivity contribution in [1.82, 2.24) is 4.57 Å². The Morgan fingerprint density at radius 2 is 1.64 bits per heavy atom. The molecule has 2 aromatic rings. The van der Waals surface area contributed by atoms with Crippen LogP contribution in [0, 0.1) is 0 Å². The number of fused-ring (bicyclic) bond motifs is 1. The second-order valence-corrected chi connectivity index (χ2v) is 10.0. The van der Waals surface area contributed by atoms with Crippen LogP contribution in [0.2, 0.25) is 0 Å². The first-order valence-corrected chi connectivity index (χ1v) is 13.9. The molecule has 200 valence electrons. The number of allylic oxidation sites excluding steroid dienone is 3. The van der Waals surface area contributed by atoms with Crippen molar-refractivity contribution in [3.8, 4) is 11.5 Å². The Hall–Kier alpha value is -2.69. The first-order chi connectivity index (χ1) is 17.4. The number of unbranched alkanes of at least 4 members (excludes halogenated alkanes) is 6. The van der Waals surface area contributed by atoms with Crippen LogP contribution in [0.5, 0.6) is 11.5 Å². The maximum Gasteiger partial charge on any atom is 0.297 e. The molecule has 5 nitrogen and oxygen atoms in total. The number of benzene rings is 1. The average molecular weight is 497 g/mol. The minimum atomic E-state index is -0.126. The van der Waals surface area contributed by atoms with Crippen molar-refractivity contribution in [2.45, 2.75) is 105 Å². The van der Waals surface area contributed by atoms with Gasteiger partial charge in [-0.2, -0.15) is 0 Å². The molecular weight excluding hydrogens is 448 g/mol. The van der Waals surface area contributed by atoms with E-state index in [1.807, 2.05) is 22.8 Å². The molecule has 0 atom stereocenters. The standard InChI is InChI=1S/C31H48N2O3/c1-6-8-10-12-20-33-28-23-26(32)17-18-27(28)29(30(31(33)34)35-21-13-11-9-7-2)36-22-19-25(5)16-14-15-24(3)4/h15,17-19,23H,6-14,16,20-22,32H2,1-5H3. The van der Waals surface area contributed by atoms with E-state index in [0.29, 0.717) is 36.9 Å². The fourth-order valence-corrected chi connectivity index (χ4v) is 4.27. The summed E-state index contributed by atoms with van der Waals surface area (Å²) in [5.41, 5.74) is 10.1. The maximum absolute atomic E-state index is 13.7. The van der Waals surface area contributed by atoms with Crippen LogP contribution in [0.15, 0.2) is 46.3 Å². The van der Waals surface area contributed by atoms with E-state index in [2.05, 4.69) is 46.8 Å². The molecule has 0 aliphatic heterocycles. The molecule has 0 unspecified atom stereocenters. The van der Waals surface area contributed by atoms with Gasteiger partial charge in [0, 0.05) is 17.6 Å². The Labute approximate surface area is 218 Å². The molecule has 0 fully saturated rings. The number of nitrogens with zero attached hydrogens (tertiary/aromatic N) is 1. The van der Waals surface area contributed by atoms with Gasteiger partial charge in [-0.05, 0) is 70.7 Å². The van der Waals surface area contributed by atoms with Gasteiger partial charge in [0.05, 0.1) is 12.1 Å². The van der Waals surface area contributed by atoms with E-state index in [1.165, 1.54) is 17.6 Å². The molecule has 0 aliphatic rings. The first kappa shape index (κ1) is 29.5. The van der Waals surface area contributed by atoms with Gasteiger partial charge in [0.2, 0.25) is 5.75 Å². The highest BCUT2D eigenvalue weighted by atomic mass is 16.5. The van der Waals surface area contributed by atoms with E-state index in [9.17, 15) is 4.79 Å². The molecule has 0 aliphatic carbocycles. The SMILES string of the molecule is CCCCCCOc1c(OCC=C(C)CCC=C(C)C)c2ccc(N)cc2n(CCCCCC)c1=O. The molecular formula is C31H48N2O3. The van der Waals surface area contributed by atoms with Crippen LogP contribution in [0.1, 0.15) is 98.8 Å². The Bertz CT molecular complexity index is 1060. The van der Waals surface area contributed by atoms with Crippen LogP contribution in [-0.2, 0) is 6.54 Å². The lowest BCUT2D eigenvalue weighted by molar-refractivity contribution is 0.272. The summed E-state index contributed by atoms with van der Waals surface area (Å²) in [7, 11) is 0. The number of anilines is 1. The second kappa shape index (κ2) is 16.1. The first-order valence-electron chi connectivity index (χ1n) is 13.9. The van der Waals surface area contributed by atoms with Gasteiger partial charge in [0.25, 0.3) is 5.56 Å². The van der Waals surface area contributed by atoms with E-state index in [-0.39, 0.29) is 5.56 Å². The number of hydrogen-bond donors (Lipinski definition) is 1. The summed E-state index contributed by atoms with van der Waals surface area (Å²) in [5.74, 6) is 0.860. The van der Waals surface area contributed by atoms with Crippen molar-refractivity contribution in [2.75, 3.05) is 18.9 Å². The third-order valence-corrected chi connectivity index (χ3v) is 6.43. The maximum atomic E-state index is 13.7. The van der Waals surface area contributed by atoms with Gasteiger partial charge in [0.15, 0.2) is 5.75 Å². The number of ether oxygens (including phenoxy) is 2. The third-order valence-electron chi connectivity index (χ3n) is 6.43. The highest BCUT2D eigenvalue weighted by Gasteiger charge is 2.20. The van der Waals surface area contributed by atoms with E-state index in [4.69, 9.17) is 15.2 Å².